The van der Waals surface area contributed by atoms with Crippen molar-refractivity contribution in [2.24, 2.45) is 5.73 Å². The number of hydrogen-bond donors (Lipinski definition) is 1. The number of rotatable bonds is 0. The Labute approximate surface area is 114 Å². The molecule has 2 aromatic carbocycles. The van der Waals surface area contributed by atoms with Gasteiger partial charge in [-0.2, -0.15) is 0 Å². The Morgan fingerprint density at radius 2 is 1.42 bits per heavy atom. The second-order valence-corrected chi connectivity index (χ2v) is 6.16. The molecule has 0 saturated heterocycles. The third-order valence-corrected chi connectivity index (χ3v) is 4.59. The summed E-state index contributed by atoms with van der Waals surface area (Å²) in [7, 11) is 0. The van der Waals surface area contributed by atoms with Crippen molar-refractivity contribution in [3.63, 3.8) is 0 Å². The first kappa shape index (κ1) is 11.2. The van der Waals surface area contributed by atoms with Crippen molar-refractivity contribution >= 4 is 0 Å². The van der Waals surface area contributed by atoms with E-state index in [4.69, 9.17) is 5.73 Å². The molecule has 0 amide bonds. The zero-order valence-corrected chi connectivity index (χ0v) is 11.6. The van der Waals surface area contributed by atoms with Crippen LogP contribution in [0.5, 0.6) is 0 Å². The largest absolute Gasteiger partial charge is 0.324 e. The molecule has 1 atom stereocenters. The summed E-state index contributed by atoms with van der Waals surface area (Å²) in [5.74, 6) is 0. The van der Waals surface area contributed by atoms with Gasteiger partial charge in [-0.1, -0.05) is 35.4 Å². The molecule has 2 aromatic rings. The first-order valence-corrected chi connectivity index (χ1v) is 7.15. The van der Waals surface area contributed by atoms with Crippen LogP contribution in [0.15, 0.2) is 24.3 Å². The average Bonchev–Trinajstić information content (AvgIpc) is 2.36. The van der Waals surface area contributed by atoms with Crippen LogP contribution in [0.2, 0.25) is 0 Å². The molecule has 0 saturated carbocycles. The van der Waals surface area contributed by atoms with Crippen molar-refractivity contribution in [3.05, 3.63) is 57.6 Å². The molecular formula is C18H19N. The van der Waals surface area contributed by atoms with Crippen molar-refractivity contribution in [2.75, 3.05) is 0 Å². The molecule has 1 nitrogen and oxygen atoms in total. The summed E-state index contributed by atoms with van der Waals surface area (Å²) in [4.78, 5) is 0. The Morgan fingerprint density at radius 3 is 2.16 bits per heavy atom. The van der Waals surface area contributed by atoms with E-state index in [9.17, 15) is 0 Å². The van der Waals surface area contributed by atoms with Crippen LogP contribution in [0, 0.1) is 13.8 Å². The Bertz CT molecular complexity index is 697. The van der Waals surface area contributed by atoms with Gasteiger partial charge in [0, 0.05) is 6.04 Å². The maximum atomic E-state index is 6.42. The van der Waals surface area contributed by atoms with E-state index in [-0.39, 0.29) is 6.04 Å². The highest BCUT2D eigenvalue weighted by Gasteiger charge is 2.29. The summed E-state index contributed by atoms with van der Waals surface area (Å²) in [6.07, 6.45) is 3.32. The lowest BCUT2D eigenvalue weighted by Crippen LogP contribution is -2.23. The van der Waals surface area contributed by atoms with Crippen molar-refractivity contribution < 1.29 is 0 Å². The van der Waals surface area contributed by atoms with E-state index in [0.29, 0.717) is 0 Å². The van der Waals surface area contributed by atoms with Gasteiger partial charge in [0.05, 0.1) is 0 Å². The molecular weight excluding hydrogens is 230 g/mol. The van der Waals surface area contributed by atoms with Gasteiger partial charge in [0.15, 0.2) is 0 Å². The summed E-state index contributed by atoms with van der Waals surface area (Å²) >= 11 is 0. The third-order valence-electron chi connectivity index (χ3n) is 4.59. The van der Waals surface area contributed by atoms with E-state index >= 15 is 0 Å². The molecule has 0 aromatic heterocycles. The fourth-order valence-corrected chi connectivity index (χ4v) is 3.92. The fraction of sp³-hybridized carbons (Fsp3) is 0.333. The van der Waals surface area contributed by atoms with Gasteiger partial charge in [0.1, 0.15) is 0 Å². The molecule has 2 aliphatic rings. The predicted octanol–water partition coefficient (Wildman–Crippen LogP) is 3.62. The van der Waals surface area contributed by atoms with Gasteiger partial charge in [-0.3, -0.25) is 0 Å². The van der Waals surface area contributed by atoms with E-state index < -0.39 is 0 Å². The summed E-state index contributed by atoms with van der Waals surface area (Å²) < 4.78 is 0. The van der Waals surface area contributed by atoms with Crippen molar-refractivity contribution in [2.45, 2.75) is 39.2 Å². The molecule has 96 valence electrons. The van der Waals surface area contributed by atoms with Crippen LogP contribution in [0.25, 0.3) is 11.1 Å². The van der Waals surface area contributed by atoms with Gasteiger partial charge in [0.2, 0.25) is 0 Å². The minimum Gasteiger partial charge on any atom is -0.324 e. The Morgan fingerprint density at radius 1 is 0.842 bits per heavy atom. The van der Waals surface area contributed by atoms with Crippen LogP contribution in [-0.4, -0.2) is 0 Å². The Hall–Kier alpha value is -1.60. The van der Waals surface area contributed by atoms with Crippen LogP contribution < -0.4 is 5.73 Å². The quantitative estimate of drug-likeness (QED) is 0.758. The maximum absolute atomic E-state index is 6.42. The van der Waals surface area contributed by atoms with Crippen LogP contribution in [0.1, 0.15) is 39.4 Å². The number of benzene rings is 2. The molecule has 0 radical (unpaired) electrons. The summed E-state index contributed by atoms with van der Waals surface area (Å²) in [5.41, 5.74) is 18.0. The number of hydrogen-bond acceptors (Lipinski definition) is 1. The second-order valence-electron chi connectivity index (χ2n) is 6.16. The first-order chi connectivity index (χ1) is 9.13. The Balaban J connectivity index is 2.12. The lowest BCUT2D eigenvalue weighted by atomic mass is 9.73. The summed E-state index contributed by atoms with van der Waals surface area (Å²) in [6.45, 7) is 4.38. The van der Waals surface area contributed by atoms with Crippen LogP contribution in [0.4, 0.5) is 0 Å². The van der Waals surface area contributed by atoms with Gasteiger partial charge in [-0.05, 0) is 66.5 Å². The van der Waals surface area contributed by atoms with Crippen molar-refractivity contribution in [3.8, 4) is 11.1 Å². The monoisotopic (exact) mass is 249 g/mol. The number of nitrogens with two attached hydrogens (primary N) is 1. The smallest absolute Gasteiger partial charge is 0.0342 e. The van der Waals surface area contributed by atoms with Crippen LogP contribution >= 0.6 is 0 Å². The van der Waals surface area contributed by atoms with Crippen LogP contribution in [-0.2, 0) is 19.3 Å². The molecule has 2 aliphatic carbocycles. The third kappa shape index (κ3) is 1.51. The molecule has 1 heteroatoms. The van der Waals surface area contributed by atoms with E-state index in [0.717, 1.165) is 12.8 Å². The summed E-state index contributed by atoms with van der Waals surface area (Å²) in [6, 6.07) is 9.50. The van der Waals surface area contributed by atoms with Gasteiger partial charge in [-0.15, -0.1) is 0 Å². The van der Waals surface area contributed by atoms with E-state index in [1.807, 2.05) is 0 Å². The highest BCUT2D eigenvalue weighted by molar-refractivity contribution is 5.82. The lowest BCUT2D eigenvalue weighted by Gasteiger charge is -2.33. The molecule has 0 bridgehead atoms. The molecule has 0 heterocycles. The van der Waals surface area contributed by atoms with Gasteiger partial charge >= 0.3 is 0 Å². The van der Waals surface area contributed by atoms with E-state index in [1.165, 1.54) is 50.9 Å². The van der Waals surface area contributed by atoms with Crippen LogP contribution in [0.3, 0.4) is 0 Å². The van der Waals surface area contributed by atoms with Gasteiger partial charge in [-0.25, -0.2) is 0 Å². The first-order valence-electron chi connectivity index (χ1n) is 7.15. The molecule has 2 N–H and O–H groups in total. The highest BCUT2D eigenvalue weighted by Crippen LogP contribution is 2.45. The number of aryl methyl sites for hydroxylation is 4. The predicted molar refractivity (Wildman–Crippen MR) is 79.4 cm³/mol. The SMILES string of the molecule is Cc1cc2c3c(c1)CC(N)c1cc(C)cc(c1-3)CC2. The minimum atomic E-state index is 0.161. The van der Waals surface area contributed by atoms with Crippen molar-refractivity contribution in [1.82, 2.24) is 0 Å². The highest BCUT2D eigenvalue weighted by atomic mass is 14.6. The Kier molecular flexibility index (Phi) is 2.19. The van der Waals surface area contributed by atoms with E-state index in [1.54, 1.807) is 0 Å². The zero-order chi connectivity index (χ0) is 13.1. The maximum Gasteiger partial charge on any atom is 0.0342 e. The van der Waals surface area contributed by atoms with E-state index in [2.05, 4.69) is 38.1 Å². The molecule has 0 fully saturated rings. The lowest BCUT2D eigenvalue weighted by molar-refractivity contribution is 0.703. The molecule has 4 rings (SSSR count). The molecule has 0 spiro atoms. The van der Waals surface area contributed by atoms with Gasteiger partial charge in [0.25, 0.3) is 0 Å². The normalized spacial score (nSPS) is 19.2. The standard InChI is InChI=1S/C18H19N/c1-10-5-12-3-4-13-6-11(2)8-15-16(19)9-14(7-10)17(12)18(13)15/h5-8,16H,3-4,9,19H2,1-2H3. The van der Waals surface area contributed by atoms with Crippen molar-refractivity contribution in [1.29, 1.82) is 0 Å². The minimum absolute atomic E-state index is 0.161. The average molecular weight is 249 g/mol. The fourth-order valence-electron chi connectivity index (χ4n) is 3.92. The topological polar surface area (TPSA) is 26.0 Å². The molecule has 1 unspecified atom stereocenters. The molecule has 0 aliphatic heterocycles. The second kappa shape index (κ2) is 3.71. The van der Waals surface area contributed by atoms with Gasteiger partial charge < -0.3 is 5.73 Å². The molecule has 19 heavy (non-hydrogen) atoms. The zero-order valence-electron chi connectivity index (χ0n) is 11.6. The summed E-state index contributed by atoms with van der Waals surface area (Å²) in [5, 5.41) is 0.